The highest BCUT2D eigenvalue weighted by Crippen LogP contribution is 1.95. The Morgan fingerprint density at radius 2 is 2.43 bits per heavy atom. The number of nitrogens with one attached hydrogen (secondary N) is 1. The fraction of sp³-hybridized carbons (Fsp3) is 0.375. The second-order valence-corrected chi connectivity index (χ2v) is 2.60. The van der Waals surface area contributed by atoms with E-state index in [-0.39, 0.29) is 23.6 Å². The van der Waals surface area contributed by atoms with Crippen LogP contribution in [0.2, 0.25) is 0 Å². The lowest BCUT2D eigenvalue weighted by molar-refractivity contribution is -0.142. The number of H-pyrrole nitrogens is 1. The van der Waals surface area contributed by atoms with E-state index in [1.165, 1.54) is 0 Å². The van der Waals surface area contributed by atoms with Crippen molar-refractivity contribution in [2.45, 2.75) is 13.3 Å². The van der Waals surface area contributed by atoms with Gasteiger partial charge in [-0.2, -0.15) is 0 Å². The molecular weight excluding hydrogens is 186 g/mol. The van der Waals surface area contributed by atoms with Crippen molar-refractivity contribution in [3.63, 3.8) is 0 Å². The van der Waals surface area contributed by atoms with Gasteiger partial charge in [-0.05, 0) is 6.92 Å². The summed E-state index contributed by atoms with van der Waals surface area (Å²) in [5.74, 6) is -0.136. The molecule has 0 bridgehead atoms. The number of esters is 1. The fourth-order valence-corrected chi connectivity index (χ4v) is 0.961. The van der Waals surface area contributed by atoms with Crippen molar-refractivity contribution in [1.29, 1.82) is 0 Å². The second-order valence-electron chi connectivity index (χ2n) is 2.60. The highest BCUT2D eigenvalue weighted by Gasteiger charge is 2.06. The summed E-state index contributed by atoms with van der Waals surface area (Å²) in [4.78, 5) is 28.1. The van der Waals surface area contributed by atoms with Gasteiger partial charge in [0.05, 0.1) is 6.61 Å². The van der Waals surface area contributed by atoms with Gasteiger partial charge in [0, 0.05) is 6.07 Å². The van der Waals surface area contributed by atoms with Crippen LogP contribution < -0.4 is 11.3 Å². The molecule has 0 unspecified atom stereocenters. The lowest BCUT2D eigenvalue weighted by atomic mass is 10.4. The normalized spacial score (nSPS) is 9.79. The number of nitrogens with two attached hydrogens (primary N) is 1. The molecular formula is C8H11N3O3. The largest absolute Gasteiger partial charge is 0.466 e. The maximum atomic E-state index is 11.0. The van der Waals surface area contributed by atoms with Crippen molar-refractivity contribution in [2.24, 2.45) is 0 Å². The lowest BCUT2D eigenvalue weighted by Crippen LogP contribution is -2.16. The second kappa shape index (κ2) is 4.40. The minimum atomic E-state index is -0.443. The van der Waals surface area contributed by atoms with E-state index in [0.717, 1.165) is 6.07 Å². The van der Waals surface area contributed by atoms with Gasteiger partial charge >= 0.3 is 5.97 Å². The molecule has 0 aromatic carbocycles. The monoisotopic (exact) mass is 197 g/mol. The van der Waals surface area contributed by atoms with Gasteiger partial charge in [-0.15, -0.1) is 0 Å². The highest BCUT2D eigenvalue weighted by atomic mass is 16.5. The fourth-order valence-electron chi connectivity index (χ4n) is 0.961. The van der Waals surface area contributed by atoms with Crippen LogP contribution in [0.15, 0.2) is 10.9 Å². The Balaban J connectivity index is 2.76. The maximum Gasteiger partial charge on any atom is 0.313 e. The van der Waals surface area contributed by atoms with Gasteiger partial charge in [-0.1, -0.05) is 0 Å². The third-order valence-corrected chi connectivity index (χ3v) is 1.43. The average Bonchev–Trinajstić information content (AvgIpc) is 2.01. The van der Waals surface area contributed by atoms with Gasteiger partial charge in [0.2, 0.25) is 0 Å². The molecule has 14 heavy (non-hydrogen) atoms. The van der Waals surface area contributed by atoms with Crippen molar-refractivity contribution in [3.8, 4) is 0 Å². The first kappa shape index (κ1) is 10.2. The minimum absolute atomic E-state index is 0.0753. The molecule has 0 spiro atoms. The summed E-state index contributed by atoms with van der Waals surface area (Å²) in [5.41, 5.74) is 4.95. The molecule has 76 valence electrons. The van der Waals surface area contributed by atoms with Crippen LogP contribution in [-0.4, -0.2) is 22.5 Å². The Labute approximate surface area is 80.1 Å². The first-order valence-corrected chi connectivity index (χ1v) is 4.13. The van der Waals surface area contributed by atoms with Gasteiger partial charge < -0.3 is 15.5 Å². The zero-order valence-electron chi connectivity index (χ0n) is 7.74. The number of hydrogen-bond donors (Lipinski definition) is 2. The van der Waals surface area contributed by atoms with E-state index in [1.54, 1.807) is 6.92 Å². The minimum Gasteiger partial charge on any atom is -0.466 e. The maximum absolute atomic E-state index is 11.0. The number of nitrogen functional groups attached to an aromatic ring is 1. The van der Waals surface area contributed by atoms with Crippen molar-refractivity contribution >= 4 is 11.8 Å². The van der Waals surface area contributed by atoms with Crippen LogP contribution in [0.25, 0.3) is 0 Å². The molecule has 1 aromatic heterocycles. The van der Waals surface area contributed by atoms with E-state index < -0.39 is 5.97 Å². The zero-order valence-corrected chi connectivity index (χ0v) is 7.74. The molecule has 0 aliphatic carbocycles. The molecule has 0 aliphatic heterocycles. The van der Waals surface area contributed by atoms with Crippen LogP contribution in [0.4, 0.5) is 5.82 Å². The summed E-state index contributed by atoms with van der Waals surface area (Å²) in [7, 11) is 0. The highest BCUT2D eigenvalue weighted by molar-refractivity contribution is 5.71. The smallest absolute Gasteiger partial charge is 0.313 e. The predicted molar refractivity (Wildman–Crippen MR) is 49.6 cm³/mol. The van der Waals surface area contributed by atoms with E-state index in [9.17, 15) is 9.59 Å². The summed E-state index contributed by atoms with van der Waals surface area (Å²) in [6.45, 7) is 2.00. The number of carbonyl (C=O) groups is 1. The van der Waals surface area contributed by atoms with Gasteiger partial charge in [-0.3, -0.25) is 9.59 Å². The van der Waals surface area contributed by atoms with Crippen LogP contribution in [0.1, 0.15) is 12.7 Å². The summed E-state index contributed by atoms with van der Waals surface area (Å²) in [6.07, 6.45) is -0.0753. The SMILES string of the molecule is CCOC(=O)Cc1nc(N)cc(=O)[nH]1. The van der Waals surface area contributed by atoms with Gasteiger partial charge in [0.15, 0.2) is 0 Å². The molecule has 0 atom stereocenters. The van der Waals surface area contributed by atoms with Crippen LogP contribution in [0, 0.1) is 0 Å². The van der Waals surface area contributed by atoms with Crippen LogP contribution >= 0.6 is 0 Å². The molecule has 1 heterocycles. The Bertz CT molecular complexity index is 386. The third kappa shape index (κ3) is 2.89. The van der Waals surface area contributed by atoms with Gasteiger partial charge in [0.1, 0.15) is 18.1 Å². The molecule has 1 rings (SSSR count). The number of hydrogen-bond acceptors (Lipinski definition) is 5. The quantitative estimate of drug-likeness (QED) is 0.634. The molecule has 3 N–H and O–H groups in total. The number of nitrogens with zero attached hydrogens (tertiary/aromatic N) is 1. The van der Waals surface area contributed by atoms with Crippen molar-refractivity contribution in [2.75, 3.05) is 12.3 Å². The first-order chi connectivity index (χ1) is 6.61. The number of carbonyl (C=O) groups excluding carboxylic acids is 1. The Hall–Kier alpha value is -1.85. The van der Waals surface area contributed by atoms with Crippen molar-refractivity contribution in [3.05, 3.63) is 22.2 Å². The summed E-state index contributed by atoms with van der Waals surface area (Å²) in [5, 5.41) is 0. The van der Waals surface area contributed by atoms with Crippen LogP contribution in [-0.2, 0) is 16.0 Å². The number of aromatic amines is 1. The molecule has 0 saturated carbocycles. The average molecular weight is 197 g/mol. The van der Waals surface area contributed by atoms with Crippen molar-refractivity contribution in [1.82, 2.24) is 9.97 Å². The van der Waals surface area contributed by atoms with E-state index in [2.05, 4.69) is 14.7 Å². The van der Waals surface area contributed by atoms with Gasteiger partial charge in [-0.25, -0.2) is 4.98 Å². The van der Waals surface area contributed by atoms with Gasteiger partial charge in [0.25, 0.3) is 5.56 Å². The number of aromatic nitrogens is 2. The molecule has 0 amide bonds. The summed E-state index contributed by atoms with van der Waals surface area (Å²) in [6, 6.07) is 1.15. The predicted octanol–water partition coefficient (Wildman–Crippen LogP) is -0.542. The third-order valence-electron chi connectivity index (χ3n) is 1.43. The van der Waals surface area contributed by atoms with Crippen LogP contribution in [0.5, 0.6) is 0 Å². The summed E-state index contributed by atoms with van der Waals surface area (Å²) >= 11 is 0. The molecule has 0 fully saturated rings. The van der Waals surface area contributed by atoms with Crippen molar-refractivity contribution < 1.29 is 9.53 Å². The molecule has 1 aromatic rings. The topological polar surface area (TPSA) is 98.1 Å². The Kier molecular flexibility index (Phi) is 3.22. The Morgan fingerprint density at radius 3 is 3.00 bits per heavy atom. The molecule has 0 radical (unpaired) electrons. The van der Waals surface area contributed by atoms with E-state index in [1.807, 2.05) is 0 Å². The number of ether oxygens (including phenoxy) is 1. The van der Waals surface area contributed by atoms with E-state index in [0.29, 0.717) is 6.61 Å². The lowest BCUT2D eigenvalue weighted by Gasteiger charge is -2.01. The molecule has 0 aliphatic rings. The molecule has 6 nitrogen and oxygen atoms in total. The molecule has 6 heteroatoms. The summed E-state index contributed by atoms with van der Waals surface area (Å²) < 4.78 is 4.68. The van der Waals surface area contributed by atoms with E-state index >= 15 is 0 Å². The number of rotatable bonds is 3. The van der Waals surface area contributed by atoms with Crippen LogP contribution in [0.3, 0.4) is 0 Å². The number of anilines is 1. The Morgan fingerprint density at radius 1 is 1.71 bits per heavy atom. The van der Waals surface area contributed by atoms with E-state index in [4.69, 9.17) is 5.73 Å². The first-order valence-electron chi connectivity index (χ1n) is 4.13. The zero-order chi connectivity index (χ0) is 10.6. The standard InChI is InChI=1S/C8H11N3O3/c1-2-14-8(13)4-6-10-5(9)3-7(12)11-6/h3H,2,4H2,1H3,(H3,9,10,11,12). The molecule has 0 saturated heterocycles.